The van der Waals surface area contributed by atoms with Gasteiger partial charge in [-0.25, -0.2) is 9.97 Å². The molecule has 2 amide bonds. The Balaban J connectivity index is 1.30. The summed E-state index contributed by atoms with van der Waals surface area (Å²) in [6.45, 7) is 8.36. The molecule has 9 nitrogen and oxygen atoms in total. The van der Waals surface area contributed by atoms with Crippen LogP contribution in [0.15, 0.2) is 55.2 Å². The highest BCUT2D eigenvalue weighted by Gasteiger charge is 2.15. The van der Waals surface area contributed by atoms with Crippen LogP contribution in [0.3, 0.4) is 0 Å². The highest BCUT2D eigenvalue weighted by molar-refractivity contribution is 6.01. The summed E-state index contributed by atoms with van der Waals surface area (Å²) in [5, 5.41) is 12.0. The third kappa shape index (κ3) is 4.55. The lowest BCUT2D eigenvalue weighted by atomic mass is 9.96. The first-order valence-electron chi connectivity index (χ1n) is 11.7. The van der Waals surface area contributed by atoms with E-state index in [1.54, 1.807) is 23.3 Å². The minimum atomic E-state index is -0.195. The molecule has 0 radical (unpaired) electrons. The molecule has 5 rings (SSSR count). The van der Waals surface area contributed by atoms with E-state index in [9.17, 15) is 9.59 Å². The number of imidazole rings is 1. The number of anilines is 1. The molecule has 0 aliphatic rings. The minimum absolute atomic E-state index is 0.168. The van der Waals surface area contributed by atoms with E-state index in [4.69, 9.17) is 0 Å². The van der Waals surface area contributed by atoms with Gasteiger partial charge in [-0.2, -0.15) is 5.10 Å². The number of rotatable bonds is 6. The number of benzene rings is 1. The summed E-state index contributed by atoms with van der Waals surface area (Å²) < 4.78 is 3.71. The van der Waals surface area contributed by atoms with E-state index in [-0.39, 0.29) is 11.8 Å². The Kier molecular flexibility index (Phi) is 5.97. The summed E-state index contributed by atoms with van der Waals surface area (Å²) >= 11 is 0. The second kappa shape index (κ2) is 9.26. The zero-order valence-corrected chi connectivity index (χ0v) is 20.7. The number of hydrogen-bond acceptors (Lipinski definition) is 5. The molecular formula is C27H27N7O2. The summed E-state index contributed by atoms with van der Waals surface area (Å²) in [6, 6.07) is 7.93. The van der Waals surface area contributed by atoms with Crippen molar-refractivity contribution in [1.82, 2.24) is 29.5 Å². The number of aryl methyl sites for hydroxylation is 3. The first-order chi connectivity index (χ1) is 17.3. The smallest absolute Gasteiger partial charge is 0.254 e. The molecular weight excluding hydrogens is 454 g/mol. The van der Waals surface area contributed by atoms with Crippen LogP contribution < -0.4 is 10.6 Å². The number of hydrogen-bond donors (Lipinski definition) is 2. The molecule has 0 bridgehead atoms. The van der Waals surface area contributed by atoms with E-state index in [0.29, 0.717) is 24.5 Å². The summed E-state index contributed by atoms with van der Waals surface area (Å²) in [5.41, 5.74) is 6.47. The Hall–Kier alpha value is -4.53. The van der Waals surface area contributed by atoms with E-state index in [0.717, 1.165) is 44.4 Å². The number of carbonyl (C=O) groups excluding carboxylic acids is 2. The van der Waals surface area contributed by atoms with Crippen molar-refractivity contribution in [3.63, 3.8) is 0 Å². The molecule has 0 aliphatic carbocycles. The zero-order valence-electron chi connectivity index (χ0n) is 20.7. The van der Waals surface area contributed by atoms with Gasteiger partial charge in [0.15, 0.2) is 0 Å². The first-order valence-corrected chi connectivity index (χ1v) is 11.7. The van der Waals surface area contributed by atoms with Gasteiger partial charge < -0.3 is 15.0 Å². The van der Waals surface area contributed by atoms with Crippen LogP contribution in [0.2, 0.25) is 0 Å². The SMILES string of the molecule is CC(=O)Nc1nccc2c(C)c(CNC(=O)c3cnn(Cc4cn5cc(C)ccc5n4)c3)c(C)cc12. The number of pyridine rings is 2. The standard InChI is InChI=1S/C27H27N7O2/c1-16-5-6-25-32-21(14-33(25)12-16)15-34-13-20(10-30-34)27(36)29-11-24-17(2)9-23-22(18(24)3)7-8-28-26(23)31-19(4)35/h5-10,12-14H,11,15H2,1-4H3,(H,29,36)(H,28,31,35). The highest BCUT2D eigenvalue weighted by atomic mass is 16.2. The van der Waals surface area contributed by atoms with Crippen molar-refractivity contribution in [2.24, 2.45) is 0 Å². The average Bonchev–Trinajstić information content (AvgIpc) is 3.45. The molecule has 0 atom stereocenters. The van der Waals surface area contributed by atoms with E-state index in [1.165, 1.54) is 6.92 Å². The third-order valence-corrected chi connectivity index (χ3v) is 6.27. The van der Waals surface area contributed by atoms with Gasteiger partial charge in [-0.05, 0) is 66.6 Å². The van der Waals surface area contributed by atoms with Gasteiger partial charge in [-0.1, -0.05) is 6.07 Å². The molecule has 5 aromatic rings. The van der Waals surface area contributed by atoms with E-state index < -0.39 is 0 Å². The molecule has 9 heteroatoms. The summed E-state index contributed by atoms with van der Waals surface area (Å²) in [7, 11) is 0. The maximum Gasteiger partial charge on any atom is 0.254 e. The molecule has 4 heterocycles. The van der Waals surface area contributed by atoms with Crippen LogP contribution in [0, 0.1) is 20.8 Å². The molecule has 182 valence electrons. The third-order valence-electron chi connectivity index (χ3n) is 6.27. The van der Waals surface area contributed by atoms with Crippen molar-refractivity contribution >= 4 is 34.1 Å². The molecule has 0 spiro atoms. The van der Waals surface area contributed by atoms with Crippen LogP contribution in [0.4, 0.5) is 5.82 Å². The van der Waals surface area contributed by atoms with E-state index >= 15 is 0 Å². The maximum atomic E-state index is 12.9. The van der Waals surface area contributed by atoms with Gasteiger partial charge in [0.25, 0.3) is 5.91 Å². The summed E-state index contributed by atoms with van der Waals surface area (Å²) in [6.07, 6.45) is 8.98. The second-order valence-corrected chi connectivity index (χ2v) is 9.05. The molecule has 2 N–H and O–H groups in total. The van der Waals surface area contributed by atoms with Crippen molar-refractivity contribution in [1.29, 1.82) is 0 Å². The molecule has 0 saturated heterocycles. The van der Waals surface area contributed by atoms with E-state index in [2.05, 4.69) is 25.7 Å². The van der Waals surface area contributed by atoms with Gasteiger partial charge in [-0.15, -0.1) is 0 Å². The number of nitrogens with zero attached hydrogens (tertiary/aromatic N) is 5. The van der Waals surface area contributed by atoms with E-state index in [1.807, 2.05) is 61.8 Å². The van der Waals surface area contributed by atoms with Crippen LogP contribution in [0.5, 0.6) is 0 Å². The quantitative estimate of drug-likeness (QED) is 0.382. The van der Waals surface area contributed by atoms with Crippen LogP contribution in [0.25, 0.3) is 16.4 Å². The molecule has 0 fully saturated rings. The largest absolute Gasteiger partial charge is 0.348 e. The topological polar surface area (TPSA) is 106 Å². The average molecular weight is 482 g/mol. The van der Waals surface area contributed by atoms with Crippen molar-refractivity contribution in [2.45, 2.75) is 40.8 Å². The predicted octanol–water partition coefficient (Wildman–Crippen LogP) is 3.94. The second-order valence-electron chi connectivity index (χ2n) is 9.05. The normalized spacial score (nSPS) is 11.2. The Labute approximate surface area is 208 Å². The highest BCUT2D eigenvalue weighted by Crippen LogP contribution is 2.29. The Bertz CT molecular complexity index is 1630. The Morgan fingerprint density at radius 3 is 2.67 bits per heavy atom. The van der Waals surface area contributed by atoms with Gasteiger partial charge in [0.05, 0.1) is 24.0 Å². The molecule has 4 aromatic heterocycles. The van der Waals surface area contributed by atoms with Crippen LogP contribution in [0.1, 0.15) is 45.2 Å². The number of nitrogens with one attached hydrogen (secondary N) is 2. The number of carbonyl (C=O) groups is 2. The monoisotopic (exact) mass is 481 g/mol. The minimum Gasteiger partial charge on any atom is -0.348 e. The Morgan fingerprint density at radius 2 is 1.86 bits per heavy atom. The fraction of sp³-hybridized carbons (Fsp3) is 0.222. The van der Waals surface area contributed by atoms with Gasteiger partial charge in [0, 0.05) is 43.6 Å². The number of aromatic nitrogens is 5. The molecule has 0 unspecified atom stereocenters. The Morgan fingerprint density at radius 1 is 1.03 bits per heavy atom. The zero-order chi connectivity index (χ0) is 25.4. The molecule has 0 aliphatic heterocycles. The van der Waals surface area contributed by atoms with Crippen LogP contribution >= 0.6 is 0 Å². The molecule has 36 heavy (non-hydrogen) atoms. The lowest BCUT2D eigenvalue weighted by molar-refractivity contribution is -0.114. The van der Waals surface area contributed by atoms with Gasteiger partial charge in [0.2, 0.25) is 5.91 Å². The lowest BCUT2D eigenvalue weighted by Gasteiger charge is -2.15. The lowest BCUT2D eigenvalue weighted by Crippen LogP contribution is -2.23. The molecule has 0 saturated carbocycles. The number of amides is 2. The first kappa shape index (κ1) is 23.2. The maximum absolute atomic E-state index is 12.9. The van der Waals surface area contributed by atoms with Gasteiger partial charge >= 0.3 is 0 Å². The molecule has 1 aromatic carbocycles. The fourth-order valence-corrected chi connectivity index (χ4v) is 4.48. The summed E-state index contributed by atoms with van der Waals surface area (Å²) in [4.78, 5) is 33.4. The number of fused-ring (bicyclic) bond motifs is 2. The van der Waals surface area contributed by atoms with Gasteiger partial charge in [-0.3, -0.25) is 14.3 Å². The van der Waals surface area contributed by atoms with Crippen LogP contribution in [-0.4, -0.2) is 36.0 Å². The fourth-order valence-electron chi connectivity index (χ4n) is 4.48. The predicted molar refractivity (Wildman–Crippen MR) is 138 cm³/mol. The van der Waals surface area contributed by atoms with Gasteiger partial charge in [0.1, 0.15) is 11.5 Å². The van der Waals surface area contributed by atoms with Crippen molar-refractivity contribution in [3.05, 3.63) is 88.8 Å². The van der Waals surface area contributed by atoms with Crippen molar-refractivity contribution in [3.8, 4) is 0 Å². The summed E-state index contributed by atoms with van der Waals surface area (Å²) in [5.74, 6) is 0.174. The van der Waals surface area contributed by atoms with Crippen molar-refractivity contribution in [2.75, 3.05) is 5.32 Å². The van der Waals surface area contributed by atoms with Crippen LogP contribution in [-0.2, 0) is 17.9 Å². The van der Waals surface area contributed by atoms with Crippen molar-refractivity contribution < 1.29 is 9.59 Å².